The number of esters is 1. The molecule has 0 spiro atoms. The lowest BCUT2D eigenvalue weighted by atomic mass is 10.3. The molecule has 1 rings (SSSR count). The molecule has 102 valence electrons. The van der Waals surface area contributed by atoms with Crippen molar-refractivity contribution in [2.45, 2.75) is 26.1 Å². The summed E-state index contributed by atoms with van der Waals surface area (Å²) in [6, 6.07) is 0. The molecule has 0 unspecified atom stereocenters. The second-order valence-electron chi connectivity index (χ2n) is 3.27. The van der Waals surface area contributed by atoms with E-state index in [0.29, 0.717) is 4.68 Å². The molecule has 18 heavy (non-hydrogen) atoms. The number of ether oxygens (including phenoxy) is 1. The third-order valence-corrected chi connectivity index (χ3v) is 1.98. The zero-order valence-electron chi connectivity index (χ0n) is 9.50. The average Bonchev–Trinajstić information content (AvgIpc) is 2.70. The minimum atomic E-state index is -4.80. The highest BCUT2D eigenvalue weighted by molar-refractivity contribution is 5.88. The SMILES string of the molecule is CCOC(=O)c1nnn(CCCF)c1C(F)(F)F. The van der Waals surface area contributed by atoms with Gasteiger partial charge < -0.3 is 4.74 Å². The maximum Gasteiger partial charge on any atom is 0.435 e. The first-order chi connectivity index (χ1) is 8.41. The van der Waals surface area contributed by atoms with Crippen LogP contribution in [0.15, 0.2) is 0 Å². The van der Waals surface area contributed by atoms with Gasteiger partial charge in [-0.1, -0.05) is 5.21 Å². The molecule has 0 atom stereocenters. The number of hydrogen-bond donors (Lipinski definition) is 0. The second kappa shape index (κ2) is 5.78. The van der Waals surface area contributed by atoms with Gasteiger partial charge in [0.2, 0.25) is 5.69 Å². The number of hydrogen-bond acceptors (Lipinski definition) is 4. The first-order valence-electron chi connectivity index (χ1n) is 5.15. The highest BCUT2D eigenvalue weighted by atomic mass is 19.4. The number of halogens is 4. The first kappa shape index (κ1) is 14.4. The fraction of sp³-hybridized carbons (Fsp3) is 0.667. The maximum absolute atomic E-state index is 12.8. The third-order valence-electron chi connectivity index (χ3n) is 1.98. The van der Waals surface area contributed by atoms with Crippen molar-refractivity contribution in [2.75, 3.05) is 13.3 Å². The highest BCUT2D eigenvalue weighted by Gasteiger charge is 2.41. The molecule has 0 aliphatic heterocycles. The molecule has 0 saturated carbocycles. The first-order valence-corrected chi connectivity index (χ1v) is 5.15. The van der Waals surface area contributed by atoms with Crippen molar-refractivity contribution in [1.29, 1.82) is 0 Å². The summed E-state index contributed by atoms with van der Waals surface area (Å²) in [6.07, 6.45) is -4.95. The van der Waals surface area contributed by atoms with Gasteiger partial charge in [0.25, 0.3) is 0 Å². The standard InChI is InChI=1S/C9H11F4N3O2/c1-2-18-8(17)6-7(9(11,12)13)16(15-14-6)5-3-4-10/h2-5H2,1H3. The molecular formula is C9H11F4N3O2. The van der Waals surface area contributed by atoms with Crippen LogP contribution in [0.5, 0.6) is 0 Å². The Kier molecular flexibility index (Phi) is 4.62. The van der Waals surface area contributed by atoms with E-state index in [1.807, 2.05) is 0 Å². The molecule has 0 aromatic carbocycles. The maximum atomic E-state index is 12.8. The molecule has 0 amide bonds. The molecule has 0 saturated heterocycles. The molecule has 1 aromatic rings. The third kappa shape index (κ3) is 3.17. The van der Waals surface area contributed by atoms with E-state index in [1.165, 1.54) is 6.92 Å². The van der Waals surface area contributed by atoms with Crippen molar-refractivity contribution in [3.05, 3.63) is 11.4 Å². The predicted octanol–water partition coefficient (Wildman–Crippen LogP) is 1.83. The van der Waals surface area contributed by atoms with Crippen LogP contribution in [0.25, 0.3) is 0 Å². The predicted molar refractivity (Wildman–Crippen MR) is 51.6 cm³/mol. The zero-order valence-corrected chi connectivity index (χ0v) is 9.50. The van der Waals surface area contributed by atoms with Crippen LogP contribution in [0.4, 0.5) is 17.6 Å². The Hall–Kier alpha value is -1.67. The normalized spacial score (nSPS) is 11.6. The largest absolute Gasteiger partial charge is 0.461 e. The van der Waals surface area contributed by atoms with E-state index in [0.717, 1.165) is 0 Å². The van der Waals surface area contributed by atoms with Gasteiger partial charge in [-0.25, -0.2) is 9.48 Å². The molecule has 0 aliphatic carbocycles. The number of aryl methyl sites for hydroxylation is 1. The van der Waals surface area contributed by atoms with Crippen LogP contribution in [0, 0.1) is 0 Å². The van der Waals surface area contributed by atoms with Gasteiger partial charge in [0.05, 0.1) is 13.3 Å². The van der Waals surface area contributed by atoms with E-state index in [1.54, 1.807) is 0 Å². The van der Waals surface area contributed by atoms with Crippen LogP contribution in [0.3, 0.4) is 0 Å². The summed E-state index contributed by atoms with van der Waals surface area (Å²) in [5.41, 5.74) is -2.21. The van der Waals surface area contributed by atoms with E-state index in [9.17, 15) is 22.4 Å². The summed E-state index contributed by atoms with van der Waals surface area (Å²) in [7, 11) is 0. The van der Waals surface area contributed by atoms with Crippen molar-refractivity contribution in [2.24, 2.45) is 0 Å². The van der Waals surface area contributed by atoms with E-state index in [-0.39, 0.29) is 19.6 Å². The summed E-state index contributed by atoms with van der Waals surface area (Å²) in [5, 5.41) is 6.35. The molecule has 0 bridgehead atoms. The Morgan fingerprint density at radius 3 is 2.61 bits per heavy atom. The minimum Gasteiger partial charge on any atom is -0.461 e. The fourth-order valence-corrected chi connectivity index (χ4v) is 1.30. The van der Waals surface area contributed by atoms with E-state index in [4.69, 9.17) is 0 Å². The van der Waals surface area contributed by atoms with E-state index in [2.05, 4.69) is 15.0 Å². The number of nitrogens with zero attached hydrogens (tertiary/aromatic N) is 3. The lowest BCUT2D eigenvalue weighted by Crippen LogP contribution is -2.19. The van der Waals surface area contributed by atoms with Crippen LogP contribution >= 0.6 is 0 Å². The van der Waals surface area contributed by atoms with Gasteiger partial charge in [0, 0.05) is 6.54 Å². The summed E-state index contributed by atoms with van der Waals surface area (Å²) >= 11 is 0. The van der Waals surface area contributed by atoms with Crippen LogP contribution in [-0.4, -0.2) is 34.2 Å². The molecule has 0 fully saturated rings. The van der Waals surface area contributed by atoms with Crippen molar-refractivity contribution in [3.63, 3.8) is 0 Å². The summed E-state index contributed by atoms with van der Waals surface area (Å²) in [5.74, 6) is -1.20. The van der Waals surface area contributed by atoms with Crippen LogP contribution < -0.4 is 0 Å². The van der Waals surface area contributed by atoms with Gasteiger partial charge in [-0.05, 0) is 13.3 Å². The quantitative estimate of drug-likeness (QED) is 0.604. The molecule has 9 heteroatoms. The van der Waals surface area contributed by atoms with Crippen molar-refractivity contribution in [1.82, 2.24) is 15.0 Å². The van der Waals surface area contributed by atoms with Crippen molar-refractivity contribution < 1.29 is 27.1 Å². The van der Waals surface area contributed by atoms with Crippen LogP contribution in [-0.2, 0) is 17.5 Å². The Morgan fingerprint density at radius 2 is 2.11 bits per heavy atom. The summed E-state index contributed by atoms with van der Waals surface area (Å²) < 4.78 is 55.2. The molecule has 0 aliphatic rings. The summed E-state index contributed by atoms with van der Waals surface area (Å²) in [4.78, 5) is 11.3. The molecule has 5 nitrogen and oxygen atoms in total. The minimum absolute atomic E-state index is 0.0759. The zero-order chi connectivity index (χ0) is 13.8. The van der Waals surface area contributed by atoms with Crippen molar-refractivity contribution >= 4 is 5.97 Å². The molecular weight excluding hydrogens is 258 g/mol. The molecule has 1 heterocycles. The number of rotatable bonds is 5. The lowest BCUT2D eigenvalue weighted by molar-refractivity contribution is -0.144. The van der Waals surface area contributed by atoms with Gasteiger partial charge in [0.15, 0.2) is 5.69 Å². The van der Waals surface area contributed by atoms with Crippen LogP contribution in [0.2, 0.25) is 0 Å². The van der Waals surface area contributed by atoms with Gasteiger partial charge in [0.1, 0.15) is 0 Å². The Morgan fingerprint density at radius 1 is 1.44 bits per heavy atom. The topological polar surface area (TPSA) is 57.0 Å². The molecule has 0 N–H and O–H groups in total. The monoisotopic (exact) mass is 269 g/mol. The van der Waals surface area contributed by atoms with Crippen molar-refractivity contribution in [3.8, 4) is 0 Å². The van der Waals surface area contributed by atoms with Gasteiger partial charge in [-0.15, -0.1) is 5.10 Å². The Labute approximate surface area is 99.7 Å². The molecule has 1 aromatic heterocycles. The summed E-state index contributed by atoms with van der Waals surface area (Å²) in [6.45, 7) is 0.287. The van der Waals surface area contributed by atoms with Gasteiger partial charge >= 0.3 is 12.1 Å². The number of carbonyl (C=O) groups excluding carboxylic acids is 1. The Balaban J connectivity index is 3.11. The average molecular weight is 269 g/mol. The van der Waals surface area contributed by atoms with Crippen LogP contribution in [0.1, 0.15) is 29.5 Å². The smallest absolute Gasteiger partial charge is 0.435 e. The van der Waals surface area contributed by atoms with Gasteiger partial charge in [-0.3, -0.25) is 4.39 Å². The Bertz CT molecular complexity index is 416. The number of aromatic nitrogens is 3. The van der Waals surface area contributed by atoms with E-state index >= 15 is 0 Å². The highest BCUT2D eigenvalue weighted by Crippen LogP contribution is 2.31. The van der Waals surface area contributed by atoms with E-state index < -0.39 is 30.2 Å². The van der Waals surface area contributed by atoms with Gasteiger partial charge in [-0.2, -0.15) is 13.2 Å². The number of carbonyl (C=O) groups is 1. The second-order valence-corrected chi connectivity index (χ2v) is 3.27. The number of alkyl halides is 4. The fourth-order valence-electron chi connectivity index (χ4n) is 1.30. The molecule has 0 radical (unpaired) electrons. The lowest BCUT2D eigenvalue weighted by Gasteiger charge is -2.09.